The lowest BCUT2D eigenvalue weighted by atomic mass is 10.1. The van der Waals surface area contributed by atoms with Gasteiger partial charge in [-0.1, -0.05) is 25.6 Å². The van der Waals surface area contributed by atoms with Crippen molar-refractivity contribution in [3.63, 3.8) is 0 Å². The van der Waals surface area contributed by atoms with Gasteiger partial charge in [-0.15, -0.1) is 5.54 Å². The van der Waals surface area contributed by atoms with E-state index in [4.69, 9.17) is 9.47 Å². The van der Waals surface area contributed by atoms with Gasteiger partial charge in [0.1, 0.15) is 14.2 Å². The summed E-state index contributed by atoms with van der Waals surface area (Å²) >= 11 is 0. The SMILES string of the molecule is CC(=O)O[C@H]1CCCO[C@H]1C#C[Si](C)(C)C. The summed E-state index contributed by atoms with van der Waals surface area (Å²) in [7, 11) is -1.39. The molecular weight excluding hydrogens is 220 g/mol. The van der Waals surface area contributed by atoms with Gasteiger partial charge in [0.2, 0.25) is 0 Å². The second-order valence-corrected chi connectivity index (χ2v) is 9.85. The molecule has 1 fully saturated rings. The fraction of sp³-hybridized carbons (Fsp3) is 0.750. The summed E-state index contributed by atoms with van der Waals surface area (Å²) in [6.45, 7) is 8.69. The molecule has 16 heavy (non-hydrogen) atoms. The number of hydrogen-bond acceptors (Lipinski definition) is 3. The number of rotatable bonds is 1. The Morgan fingerprint density at radius 2 is 2.12 bits per heavy atom. The molecule has 1 rings (SSSR count). The zero-order valence-electron chi connectivity index (χ0n) is 10.5. The molecule has 1 heterocycles. The minimum atomic E-state index is -1.39. The lowest BCUT2D eigenvalue weighted by molar-refractivity contribution is -0.156. The first kappa shape index (κ1) is 13.3. The molecular formula is C12H20O3Si. The van der Waals surface area contributed by atoms with Crippen LogP contribution >= 0.6 is 0 Å². The first-order valence-corrected chi connectivity index (χ1v) is 9.20. The van der Waals surface area contributed by atoms with E-state index in [0.717, 1.165) is 12.8 Å². The van der Waals surface area contributed by atoms with Crippen molar-refractivity contribution in [1.82, 2.24) is 0 Å². The highest BCUT2D eigenvalue weighted by Gasteiger charge is 2.27. The third kappa shape index (κ3) is 4.82. The maximum atomic E-state index is 10.9. The van der Waals surface area contributed by atoms with Crippen molar-refractivity contribution in [3.8, 4) is 11.5 Å². The van der Waals surface area contributed by atoms with Crippen LogP contribution in [0.25, 0.3) is 0 Å². The Labute approximate surface area is 98.5 Å². The van der Waals surface area contributed by atoms with Crippen LogP contribution in [0.4, 0.5) is 0 Å². The standard InChI is InChI=1S/C12H20O3Si/c1-10(13)15-12-6-5-8-14-11(12)7-9-16(2,3)4/h11-12H,5-6,8H2,1-4H3/t11-,12-/m0/s1. The molecule has 0 aromatic rings. The Kier molecular flexibility index (Phi) is 4.57. The molecule has 3 nitrogen and oxygen atoms in total. The summed E-state index contributed by atoms with van der Waals surface area (Å²) < 4.78 is 10.8. The minimum absolute atomic E-state index is 0.185. The van der Waals surface area contributed by atoms with Crippen molar-refractivity contribution < 1.29 is 14.3 Å². The summed E-state index contributed by atoms with van der Waals surface area (Å²) in [6.07, 6.45) is 1.37. The molecule has 0 aromatic carbocycles. The minimum Gasteiger partial charge on any atom is -0.459 e. The first-order valence-electron chi connectivity index (χ1n) is 5.70. The van der Waals surface area contributed by atoms with E-state index in [9.17, 15) is 4.79 Å². The molecule has 0 radical (unpaired) electrons. The van der Waals surface area contributed by atoms with Crippen LogP contribution < -0.4 is 0 Å². The number of carbonyl (C=O) groups is 1. The highest BCUT2D eigenvalue weighted by Crippen LogP contribution is 2.17. The number of ether oxygens (including phenoxy) is 2. The van der Waals surface area contributed by atoms with Crippen molar-refractivity contribution in [3.05, 3.63) is 0 Å². The van der Waals surface area contributed by atoms with Crippen LogP contribution in [0.3, 0.4) is 0 Å². The molecule has 2 atom stereocenters. The van der Waals surface area contributed by atoms with Crippen LogP contribution in [0.5, 0.6) is 0 Å². The molecule has 0 spiro atoms. The third-order valence-corrected chi connectivity index (χ3v) is 3.07. The number of carbonyl (C=O) groups excluding carboxylic acids is 1. The third-order valence-electron chi connectivity index (χ3n) is 2.17. The van der Waals surface area contributed by atoms with E-state index < -0.39 is 8.07 Å². The average molecular weight is 240 g/mol. The van der Waals surface area contributed by atoms with Gasteiger partial charge < -0.3 is 9.47 Å². The molecule has 1 saturated heterocycles. The zero-order valence-corrected chi connectivity index (χ0v) is 11.5. The maximum absolute atomic E-state index is 10.9. The molecule has 1 aliphatic rings. The topological polar surface area (TPSA) is 35.5 Å². The molecule has 0 saturated carbocycles. The summed E-state index contributed by atoms with van der Waals surface area (Å²) in [5, 5.41) is 0. The second kappa shape index (κ2) is 5.51. The molecule has 90 valence electrons. The first-order chi connectivity index (χ1) is 7.38. The van der Waals surface area contributed by atoms with E-state index in [1.165, 1.54) is 6.92 Å². The van der Waals surface area contributed by atoms with Crippen LogP contribution in [0, 0.1) is 11.5 Å². The molecule has 0 N–H and O–H groups in total. The Morgan fingerprint density at radius 3 is 2.69 bits per heavy atom. The fourth-order valence-electron chi connectivity index (χ4n) is 1.51. The molecule has 0 unspecified atom stereocenters. The number of esters is 1. The van der Waals surface area contributed by atoms with Crippen molar-refractivity contribution in [1.29, 1.82) is 0 Å². The Hall–Kier alpha value is -0.793. The van der Waals surface area contributed by atoms with Crippen LogP contribution in [0.15, 0.2) is 0 Å². The maximum Gasteiger partial charge on any atom is 0.303 e. The monoisotopic (exact) mass is 240 g/mol. The zero-order chi connectivity index (χ0) is 12.2. The smallest absolute Gasteiger partial charge is 0.303 e. The molecule has 0 aromatic heterocycles. The molecule has 0 aliphatic carbocycles. The van der Waals surface area contributed by atoms with Crippen molar-refractivity contribution in [2.24, 2.45) is 0 Å². The van der Waals surface area contributed by atoms with Gasteiger partial charge in [-0.05, 0) is 12.8 Å². The van der Waals surface area contributed by atoms with Gasteiger partial charge in [-0.2, -0.15) is 0 Å². The van der Waals surface area contributed by atoms with Crippen molar-refractivity contribution >= 4 is 14.0 Å². The summed E-state index contributed by atoms with van der Waals surface area (Å²) in [5.74, 6) is 2.87. The molecule has 0 bridgehead atoms. The normalized spacial score (nSPS) is 25.5. The van der Waals surface area contributed by atoms with Gasteiger partial charge in [-0.3, -0.25) is 4.79 Å². The Morgan fingerprint density at radius 1 is 1.44 bits per heavy atom. The Bertz CT molecular complexity index is 308. The highest BCUT2D eigenvalue weighted by atomic mass is 28.3. The van der Waals surface area contributed by atoms with Crippen LogP contribution in [0.1, 0.15) is 19.8 Å². The van der Waals surface area contributed by atoms with Crippen LogP contribution in [-0.2, 0) is 14.3 Å². The van der Waals surface area contributed by atoms with E-state index in [2.05, 4.69) is 31.1 Å². The summed E-state index contributed by atoms with van der Waals surface area (Å²) in [5.41, 5.74) is 3.27. The summed E-state index contributed by atoms with van der Waals surface area (Å²) in [4.78, 5) is 10.9. The lowest BCUT2D eigenvalue weighted by Crippen LogP contribution is -2.36. The summed E-state index contributed by atoms with van der Waals surface area (Å²) in [6, 6.07) is 0. The molecule has 1 aliphatic heterocycles. The Balaban J connectivity index is 2.66. The van der Waals surface area contributed by atoms with Gasteiger partial charge in [0.25, 0.3) is 0 Å². The van der Waals surface area contributed by atoms with E-state index in [1.807, 2.05) is 0 Å². The fourth-order valence-corrected chi connectivity index (χ4v) is 2.08. The molecule has 0 amide bonds. The van der Waals surface area contributed by atoms with E-state index in [0.29, 0.717) is 6.61 Å². The highest BCUT2D eigenvalue weighted by molar-refractivity contribution is 6.83. The van der Waals surface area contributed by atoms with Gasteiger partial charge in [0.05, 0.1) is 0 Å². The van der Waals surface area contributed by atoms with Gasteiger partial charge in [0, 0.05) is 13.5 Å². The predicted octanol–water partition coefficient (Wildman–Crippen LogP) is 1.98. The van der Waals surface area contributed by atoms with Gasteiger partial charge in [0.15, 0.2) is 6.10 Å². The van der Waals surface area contributed by atoms with E-state index in [1.54, 1.807) is 0 Å². The number of hydrogen-bond donors (Lipinski definition) is 0. The average Bonchev–Trinajstić information content (AvgIpc) is 2.14. The lowest BCUT2D eigenvalue weighted by Gasteiger charge is -2.27. The van der Waals surface area contributed by atoms with Gasteiger partial charge in [-0.25, -0.2) is 0 Å². The van der Waals surface area contributed by atoms with Crippen molar-refractivity contribution in [2.45, 2.75) is 51.6 Å². The molecule has 4 heteroatoms. The van der Waals surface area contributed by atoms with E-state index >= 15 is 0 Å². The predicted molar refractivity (Wildman–Crippen MR) is 65.7 cm³/mol. The quantitative estimate of drug-likeness (QED) is 0.399. The second-order valence-electron chi connectivity index (χ2n) is 5.10. The van der Waals surface area contributed by atoms with Crippen LogP contribution in [0.2, 0.25) is 19.6 Å². The van der Waals surface area contributed by atoms with Crippen molar-refractivity contribution in [2.75, 3.05) is 6.61 Å². The largest absolute Gasteiger partial charge is 0.459 e. The van der Waals surface area contributed by atoms with Gasteiger partial charge >= 0.3 is 5.97 Å². The van der Waals surface area contributed by atoms with Crippen LogP contribution in [-0.4, -0.2) is 32.9 Å². The van der Waals surface area contributed by atoms with E-state index in [-0.39, 0.29) is 18.2 Å².